The van der Waals surface area contributed by atoms with Gasteiger partial charge in [0.1, 0.15) is 5.75 Å². The van der Waals surface area contributed by atoms with Gasteiger partial charge in [-0.3, -0.25) is 0 Å². The molecule has 0 aliphatic carbocycles. The molecule has 128 valence electrons. The van der Waals surface area contributed by atoms with Crippen LogP contribution < -0.4 is 4.74 Å². The van der Waals surface area contributed by atoms with E-state index in [9.17, 15) is 4.79 Å². The molecule has 0 aliphatic rings. The lowest BCUT2D eigenvalue weighted by Crippen LogP contribution is -2.23. The van der Waals surface area contributed by atoms with E-state index in [4.69, 9.17) is 13.9 Å². The summed E-state index contributed by atoms with van der Waals surface area (Å²) in [6.45, 7) is 3.35. The van der Waals surface area contributed by atoms with Crippen LogP contribution in [0, 0.1) is 6.92 Å². The summed E-state index contributed by atoms with van der Waals surface area (Å²) in [4.78, 5) is 12.7. The van der Waals surface area contributed by atoms with Crippen LogP contribution in [0.15, 0.2) is 65.1 Å². The molecule has 1 aromatic heterocycles. The van der Waals surface area contributed by atoms with Gasteiger partial charge in [-0.1, -0.05) is 48.5 Å². The average molecular weight is 338 g/mol. The molecule has 0 radical (unpaired) electrons. The first-order chi connectivity index (χ1) is 12.1. The number of hydrogen-bond donors (Lipinski definition) is 0. The predicted octanol–water partition coefficient (Wildman–Crippen LogP) is 3.80. The molecule has 0 N–H and O–H groups in total. The highest BCUT2D eigenvalue weighted by Crippen LogP contribution is 2.26. The number of carbonyl (C=O) groups excluding carboxylic acids is 1. The molecule has 6 nitrogen and oxygen atoms in total. The van der Waals surface area contributed by atoms with E-state index in [1.54, 1.807) is 26.0 Å². The minimum absolute atomic E-state index is 0.248. The van der Waals surface area contributed by atoms with E-state index in [2.05, 4.69) is 10.2 Å². The van der Waals surface area contributed by atoms with Gasteiger partial charge in [-0.25, -0.2) is 4.79 Å². The maximum atomic E-state index is 12.7. The van der Waals surface area contributed by atoms with E-state index in [1.165, 1.54) is 0 Å². The minimum atomic E-state index is -0.893. The minimum Gasteiger partial charge on any atom is -0.474 e. The first-order valence-corrected chi connectivity index (χ1v) is 7.90. The maximum absolute atomic E-state index is 12.7. The van der Waals surface area contributed by atoms with Crippen LogP contribution in [0.1, 0.15) is 36.5 Å². The molecule has 2 unspecified atom stereocenters. The van der Waals surface area contributed by atoms with Crippen molar-refractivity contribution in [3.8, 4) is 5.75 Å². The molecule has 3 rings (SSSR count). The number of benzene rings is 2. The maximum Gasteiger partial charge on any atom is 0.352 e. The topological polar surface area (TPSA) is 74.5 Å². The summed E-state index contributed by atoms with van der Waals surface area (Å²) in [7, 11) is 0. The molecule has 3 aromatic rings. The van der Waals surface area contributed by atoms with Crippen molar-refractivity contribution in [3.63, 3.8) is 0 Å². The highest BCUT2D eigenvalue weighted by atomic mass is 16.6. The summed E-state index contributed by atoms with van der Waals surface area (Å²) in [6, 6.07) is 18.3. The molecule has 0 aliphatic heterocycles. The second kappa shape index (κ2) is 7.61. The largest absolute Gasteiger partial charge is 0.474 e. The number of rotatable bonds is 6. The zero-order chi connectivity index (χ0) is 17.6. The van der Waals surface area contributed by atoms with Crippen molar-refractivity contribution < 1.29 is 18.7 Å². The highest BCUT2D eigenvalue weighted by Gasteiger charge is 2.28. The molecular formula is C19H18N2O4. The van der Waals surface area contributed by atoms with E-state index >= 15 is 0 Å². The number of hydrogen-bond acceptors (Lipinski definition) is 6. The molecule has 0 bridgehead atoms. The van der Waals surface area contributed by atoms with E-state index < -0.39 is 18.2 Å². The molecule has 0 amide bonds. The third-order valence-corrected chi connectivity index (χ3v) is 3.50. The van der Waals surface area contributed by atoms with Crippen LogP contribution in [0.4, 0.5) is 0 Å². The van der Waals surface area contributed by atoms with Crippen molar-refractivity contribution in [3.05, 3.63) is 78.0 Å². The second-order valence-corrected chi connectivity index (χ2v) is 5.46. The fourth-order valence-electron chi connectivity index (χ4n) is 2.28. The SMILES string of the molecule is Cc1nnc(C(C)OC(=O)C(Oc2ccccc2)c2ccccc2)o1. The van der Waals surface area contributed by atoms with Crippen LogP contribution in [0.3, 0.4) is 0 Å². The highest BCUT2D eigenvalue weighted by molar-refractivity contribution is 5.77. The Bertz CT molecular complexity index is 818. The number of ether oxygens (including phenoxy) is 2. The van der Waals surface area contributed by atoms with Crippen LogP contribution in [0.5, 0.6) is 5.75 Å². The van der Waals surface area contributed by atoms with Crippen LogP contribution in [-0.4, -0.2) is 16.2 Å². The fourth-order valence-corrected chi connectivity index (χ4v) is 2.28. The van der Waals surface area contributed by atoms with Gasteiger partial charge in [0.25, 0.3) is 5.89 Å². The third-order valence-electron chi connectivity index (χ3n) is 3.50. The first-order valence-electron chi connectivity index (χ1n) is 7.90. The van der Waals surface area contributed by atoms with E-state index in [1.807, 2.05) is 48.5 Å². The molecular weight excluding hydrogens is 320 g/mol. The molecule has 0 saturated carbocycles. The number of carbonyl (C=O) groups is 1. The van der Waals surface area contributed by atoms with Gasteiger partial charge in [-0.2, -0.15) is 0 Å². The summed E-state index contributed by atoms with van der Waals surface area (Å²) < 4.78 is 16.7. The smallest absolute Gasteiger partial charge is 0.352 e. The van der Waals surface area contributed by atoms with Crippen molar-refractivity contribution in [1.82, 2.24) is 10.2 Å². The quantitative estimate of drug-likeness (QED) is 0.636. The van der Waals surface area contributed by atoms with Crippen molar-refractivity contribution in [2.75, 3.05) is 0 Å². The second-order valence-electron chi connectivity index (χ2n) is 5.46. The average Bonchev–Trinajstić information content (AvgIpc) is 3.08. The Hall–Kier alpha value is -3.15. The normalized spacial score (nSPS) is 13.0. The molecule has 2 atom stereocenters. The van der Waals surface area contributed by atoms with Gasteiger partial charge in [0, 0.05) is 12.5 Å². The molecule has 0 fully saturated rings. The Morgan fingerprint density at radius 2 is 1.64 bits per heavy atom. The summed E-state index contributed by atoms with van der Waals surface area (Å²) >= 11 is 0. The molecule has 0 spiro atoms. The zero-order valence-corrected chi connectivity index (χ0v) is 14.0. The number of aromatic nitrogens is 2. The number of nitrogens with zero attached hydrogens (tertiary/aromatic N) is 2. The third kappa shape index (κ3) is 4.23. The van der Waals surface area contributed by atoms with Crippen molar-refractivity contribution >= 4 is 5.97 Å². The zero-order valence-electron chi connectivity index (χ0n) is 14.0. The van der Waals surface area contributed by atoms with Gasteiger partial charge in [-0.05, 0) is 19.1 Å². The summed E-state index contributed by atoms with van der Waals surface area (Å²) in [6.07, 6.45) is -1.56. The Morgan fingerprint density at radius 1 is 1.00 bits per heavy atom. The number of esters is 1. The van der Waals surface area contributed by atoms with Gasteiger partial charge < -0.3 is 13.9 Å². The van der Waals surface area contributed by atoms with Crippen molar-refractivity contribution in [1.29, 1.82) is 0 Å². The summed E-state index contributed by atoms with van der Waals surface area (Å²) in [5.41, 5.74) is 0.699. The lowest BCUT2D eigenvalue weighted by molar-refractivity contribution is -0.158. The molecule has 25 heavy (non-hydrogen) atoms. The number of para-hydroxylation sites is 1. The molecule has 1 heterocycles. The standard InChI is InChI=1S/C19H18N2O4/c1-13(18-21-20-14(2)24-18)23-19(22)17(15-9-5-3-6-10-15)25-16-11-7-4-8-12-16/h3-13,17H,1-2H3. The molecule has 0 saturated heterocycles. The van der Waals surface area contributed by atoms with E-state index in [0.29, 0.717) is 17.2 Å². The Morgan fingerprint density at radius 3 is 2.24 bits per heavy atom. The number of aryl methyl sites for hydroxylation is 1. The monoisotopic (exact) mass is 338 g/mol. The Labute approximate surface area is 145 Å². The van der Waals surface area contributed by atoms with E-state index in [-0.39, 0.29) is 5.89 Å². The summed E-state index contributed by atoms with van der Waals surface area (Å²) in [5, 5.41) is 7.63. The van der Waals surface area contributed by atoms with Crippen LogP contribution in [-0.2, 0) is 9.53 Å². The van der Waals surface area contributed by atoms with Gasteiger partial charge in [-0.15, -0.1) is 10.2 Å². The Balaban J connectivity index is 1.79. The van der Waals surface area contributed by atoms with Gasteiger partial charge in [0.05, 0.1) is 0 Å². The molecule has 2 aromatic carbocycles. The fraction of sp³-hybridized carbons (Fsp3) is 0.211. The van der Waals surface area contributed by atoms with Gasteiger partial charge >= 0.3 is 5.97 Å². The first kappa shape index (κ1) is 16.7. The van der Waals surface area contributed by atoms with Crippen LogP contribution in [0.25, 0.3) is 0 Å². The Kier molecular flexibility index (Phi) is 5.09. The molecule has 6 heteroatoms. The summed E-state index contributed by atoms with van der Waals surface area (Å²) in [5.74, 6) is 0.711. The van der Waals surface area contributed by atoms with Crippen LogP contribution >= 0.6 is 0 Å². The van der Waals surface area contributed by atoms with E-state index in [0.717, 1.165) is 0 Å². The van der Waals surface area contributed by atoms with Gasteiger partial charge in [0.15, 0.2) is 6.10 Å². The predicted molar refractivity (Wildman–Crippen MR) is 89.8 cm³/mol. The van der Waals surface area contributed by atoms with Gasteiger partial charge in [0.2, 0.25) is 12.0 Å². The van der Waals surface area contributed by atoms with Crippen molar-refractivity contribution in [2.24, 2.45) is 0 Å². The van der Waals surface area contributed by atoms with Crippen molar-refractivity contribution in [2.45, 2.75) is 26.1 Å². The lowest BCUT2D eigenvalue weighted by Gasteiger charge is -2.20. The lowest BCUT2D eigenvalue weighted by atomic mass is 10.1. The van der Waals surface area contributed by atoms with Crippen LogP contribution in [0.2, 0.25) is 0 Å².